The lowest BCUT2D eigenvalue weighted by molar-refractivity contribution is 0.0771. The Morgan fingerprint density at radius 3 is 2.48 bits per heavy atom. The van der Waals surface area contributed by atoms with E-state index in [1.807, 2.05) is 0 Å². The number of hydrogen-bond acceptors (Lipinski definition) is 5. The van der Waals surface area contributed by atoms with E-state index in [1.54, 1.807) is 50.6 Å². The Hall–Kier alpha value is -2.99. The first kappa shape index (κ1) is 17.4. The Labute approximate surface area is 159 Å². The first-order valence-electron chi connectivity index (χ1n) is 8.21. The molecule has 1 atom stereocenters. The number of carbonyl (C=O) groups is 1. The van der Waals surface area contributed by atoms with Crippen LogP contribution in [0.25, 0.3) is 11.0 Å². The summed E-state index contributed by atoms with van der Waals surface area (Å²) in [6.07, 6.45) is 0. The van der Waals surface area contributed by atoms with Crippen LogP contribution in [0.5, 0.6) is 11.5 Å². The molecule has 1 aliphatic heterocycles. The fraction of sp³-hybridized carbons (Fsp3) is 0.200. The molecule has 3 aromatic rings. The third kappa shape index (κ3) is 2.56. The summed E-state index contributed by atoms with van der Waals surface area (Å²) in [5.41, 5.74) is 1.07. The molecule has 0 fully saturated rings. The fourth-order valence-electron chi connectivity index (χ4n) is 3.47. The van der Waals surface area contributed by atoms with Crippen molar-refractivity contribution < 1.29 is 18.7 Å². The highest BCUT2D eigenvalue weighted by atomic mass is 35.5. The zero-order chi connectivity index (χ0) is 19.3. The van der Waals surface area contributed by atoms with Gasteiger partial charge in [-0.25, -0.2) is 0 Å². The molecule has 27 heavy (non-hydrogen) atoms. The lowest BCUT2D eigenvalue weighted by Gasteiger charge is -2.21. The minimum Gasteiger partial charge on any atom is -0.493 e. The van der Waals surface area contributed by atoms with Gasteiger partial charge in [-0.3, -0.25) is 9.59 Å². The summed E-state index contributed by atoms with van der Waals surface area (Å²) in [4.78, 5) is 27.4. The van der Waals surface area contributed by atoms with Crippen LogP contribution in [-0.2, 0) is 0 Å². The highest BCUT2D eigenvalue weighted by Crippen LogP contribution is 2.40. The number of halogens is 1. The second-order valence-corrected chi connectivity index (χ2v) is 6.68. The molecule has 138 valence electrons. The van der Waals surface area contributed by atoms with Crippen LogP contribution in [0.4, 0.5) is 0 Å². The Kier molecular flexibility index (Phi) is 4.08. The van der Waals surface area contributed by atoms with Crippen molar-refractivity contribution in [3.8, 4) is 11.5 Å². The first-order valence-corrected chi connectivity index (χ1v) is 8.59. The largest absolute Gasteiger partial charge is 0.493 e. The summed E-state index contributed by atoms with van der Waals surface area (Å²) in [7, 11) is 4.71. The van der Waals surface area contributed by atoms with Crippen molar-refractivity contribution >= 4 is 28.5 Å². The number of methoxy groups -OCH3 is 2. The number of carbonyl (C=O) groups excluding carboxylic acids is 1. The molecule has 2 heterocycles. The predicted octanol–water partition coefficient (Wildman–Crippen LogP) is 3.64. The van der Waals surface area contributed by atoms with Crippen LogP contribution < -0.4 is 14.9 Å². The smallest absolute Gasteiger partial charge is 0.290 e. The summed E-state index contributed by atoms with van der Waals surface area (Å²) in [5.74, 6) is 0.777. The average molecular weight is 386 g/mol. The lowest BCUT2D eigenvalue weighted by Crippen LogP contribution is -2.25. The molecule has 0 spiro atoms. The SMILES string of the molecule is COc1ccc(C2c3c(oc4ccc(Cl)cc4c3=O)C(=O)N2C)cc1OC. The molecule has 7 heteroatoms. The number of amides is 1. The van der Waals surface area contributed by atoms with Crippen LogP contribution >= 0.6 is 11.6 Å². The molecule has 1 aliphatic rings. The molecule has 0 saturated heterocycles. The monoisotopic (exact) mass is 385 g/mol. The van der Waals surface area contributed by atoms with Crippen molar-refractivity contribution in [1.82, 2.24) is 4.90 Å². The molecule has 4 rings (SSSR count). The third-order valence-corrected chi connectivity index (χ3v) is 5.02. The number of fused-ring (bicyclic) bond motifs is 2. The lowest BCUT2D eigenvalue weighted by atomic mass is 9.98. The molecule has 0 saturated carbocycles. The normalized spacial score (nSPS) is 15.9. The maximum absolute atomic E-state index is 13.2. The van der Waals surface area contributed by atoms with E-state index in [2.05, 4.69) is 0 Å². The Morgan fingerprint density at radius 1 is 1.04 bits per heavy atom. The van der Waals surface area contributed by atoms with Crippen LogP contribution in [0.3, 0.4) is 0 Å². The summed E-state index contributed by atoms with van der Waals surface area (Å²) >= 11 is 6.04. The maximum Gasteiger partial charge on any atom is 0.290 e. The van der Waals surface area contributed by atoms with Gasteiger partial charge in [-0.2, -0.15) is 0 Å². The second-order valence-electron chi connectivity index (χ2n) is 6.25. The van der Waals surface area contributed by atoms with E-state index in [4.69, 9.17) is 25.5 Å². The van der Waals surface area contributed by atoms with E-state index in [9.17, 15) is 9.59 Å². The van der Waals surface area contributed by atoms with Gasteiger partial charge in [0.25, 0.3) is 5.91 Å². The molecule has 1 amide bonds. The van der Waals surface area contributed by atoms with Gasteiger partial charge < -0.3 is 18.8 Å². The zero-order valence-corrected chi connectivity index (χ0v) is 15.7. The number of benzene rings is 2. The van der Waals surface area contributed by atoms with E-state index in [1.165, 1.54) is 12.0 Å². The molecule has 6 nitrogen and oxygen atoms in total. The third-order valence-electron chi connectivity index (χ3n) is 4.79. The molecule has 0 bridgehead atoms. The van der Waals surface area contributed by atoms with E-state index in [0.29, 0.717) is 33.1 Å². The highest BCUT2D eigenvalue weighted by molar-refractivity contribution is 6.31. The average Bonchev–Trinajstić information content (AvgIpc) is 2.93. The van der Waals surface area contributed by atoms with Gasteiger partial charge >= 0.3 is 0 Å². The molecule has 0 aliphatic carbocycles. The van der Waals surface area contributed by atoms with Crippen molar-refractivity contribution in [1.29, 1.82) is 0 Å². The second kappa shape index (κ2) is 6.32. The van der Waals surface area contributed by atoms with Crippen LogP contribution in [-0.4, -0.2) is 32.1 Å². The van der Waals surface area contributed by atoms with Gasteiger partial charge in [0.2, 0.25) is 5.76 Å². The van der Waals surface area contributed by atoms with Gasteiger partial charge in [0, 0.05) is 12.1 Å². The summed E-state index contributed by atoms with van der Waals surface area (Å²) in [6.45, 7) is 0. The Bertz CT molecular complexity index is 1140. The quantitative estimate of drug-likeness (QED) is 0.688. The summed E-state index contributed by atoms with van der Waals surface area (Å²) in [5, 5.41) is 0.768. The van der Waals surface area contributed by atoms with Gasteiger partial charge in [-0.15, -0.1) is 0 Å². The van der Waals surface area contributed by atoms with E-state index >= 15 is 0 Å². The molecule has 1 aromatic heterocycles. The van der Waals surface area contributed by atoms with Crippen LogP contribution in [0.15, 0.2) is 45.6 Å². The standard InChI is InChI=1S/C20H16ClNO5/c1-22-17(10-4-6-14(25-2)15(8-10)26-3)16-18(23)12-9-11(21)5-7-13(12)27-19(16)20(22)24/h4-9,17H,1-3H3. The van der Waals surface area contributed by atoms with Crippen molar-refractivity contribution in [2.75, 3.05) is 21.3 Å². The molecule has 1 unspecified atom stereocenters. The Balaban J connectivity index is 1.98. The zero-order valence-electron chi connectivity index (χ0n) is 14.9. The number of nitrogens with zero attached hydrogens (tertiary/aromatic N) is 1. The minimum absolute atomic E-state index is 0.0529. The van der Waals surface area contributed by atoms with E-state index in [0.717, 1.165) is 5.56 Å². The molecular weight excluding hydrogens is 370 g/mol. The summed E-state index contributed by atoms with van der Waals surface area (Å²) in [6, 6.07) is 9.47. The van der Waals surface area contributed by atoms with Crippen molar-refractivity contribution in [3.63, 3.8) is 0 Å². The first-order chi connectivity index (χ1) is 13.0. The number of ether oxygens (including phenoxy) is 2. The highest BCUT2D eigenvalue weighted by Gasteiger charge is 2.41. The van der Waals surface area contributed by atoms with Crippen molar-refractivity contribution in [2.24, 2.45) is 0 Å². The van der Waals surface area contributed by atoms with Crippen molar-refractivity contribution in [3.05, 3.63) is 68.5 Å². The molecular formula is C20H16ClNO5. The summed E-state index contributed by atoms with van der Waals surface area (Å²) < 4.78 is 16.4. The van der Waals surface area contributed by atoms with E-state index in [-0.39, 0.29) is 17.1 Å². The van der Waals surface area contributed by atoms with E-state index < -0.39 is 6.04 Å². The maximum atomic E-state index is 13.2. The molecule has 0 N–H and O–H groups in total. The topological polar surface area (TPSA) is 69.0 Å². The van der Waals surface area contributed by atoms with Gasteiger partial charge in [-0.05, 0) is 35.9 Å². The van der Waals surface area contributed by atoms with Gasteiger partial charge in [-0.1, -0.05) is 17.7 Å². The van der Waals surface area contributed by atoms with Crippen molar-refractivity contribution in [2.45, 2.75) is 6.04 Å². The molecule has 2 aromatic carbocycles. The number of hydrogen-bond donors (Lipinski definition) is 0. The van der Waals surface area contributed by atoms with Gasteiger partial charge in [0.05, 0.1) is 31.2 Å². The predicted molar refractivity (Wildman–Crippen MR) is 101 cm³/mol. The van der Waals surface area contributed by atoms with Crippen LogP contribution in [0.2, 0.25) is 5.02 Å². The van der Waals surface area contributed by atoms with Crippen LogP contribution in [0, 0.1) is 0 Å². The Morgan fingerprint density at radius 2 is 1.78 bits per heavy atom. The minimum atomic E-state index is -0.591. The van der Waals surface area contributed by atoms with Gasteiger partial charge in [0.15, 0.2) is 16.9 Å². The van der Waals surface area contributed by atoms with Crippen LogP contribution in [0.1, 0.15) is 27.7 Å². The molecule has 0 radical (unpaired) electrons. The number of rotatable bonds is 3. The fourth-order valence-corrected chi connectivity index (χ4v) is 3.65. The van der Waals surface area contributed by atoms with Gasteiger partial charge in [0.1, 0.15) is 5.58 Å².